The average Bonchev–Trinajstić information content (AvgIpc) is 0.918. The fraction of sp³-hybridized carbons (Fsp3) is 0. The maximum Gasteiger partial charge on any atom is 0.0297 e. The zero-order chi connectivity index (χ0) is 2.71. The van der Waals surface area contributed by atoms with Gasteiger partial charge in [-0.1, -0.05) is 0 Å². The van der Waals surface area contributed by atoms with Gasteiger partial charge < -0.3 is 0 Å². The van der Waals surface area contributed by atoms with Crippen molar-refractivity contribution in [1.82, 2.24) is 0 Å². The van der Waals surface area contributed by atoms with E-state index in [1.807, 2.05) is 4.31 Å². The first-order valence-corrected chi connectivity index (χ1v) is 1.22. The molecule has 0 aromatic heterocycles. The number of thiocarbonyl (C=S) groups is 2. The fourth-order valence-corrected chi connectivity index (χ4v) is 0. The van der Waals surface area contributed by atoms with Crippen LogP contribution in [0.25, 0.3) is 0 Å². The topological polar surface area (TPSA) is 0 Å². The van der Waals surface area contributed by atoms with Crippen molar-refractivity contribution in [3.63, 3.8) is 0 Å². The molecule has 0 N–H and O–H groups in total. The molecule has 0 aromatic rings. The quantitative estimate of drug-likeness (QED) is 0.323. The van der Waals surface area contributed by atoms with Crippen LogP contribution < -0.4 is 0 Å². The van der Waals surface area contributed by atoms with Gasteiger partial charge in [0.25, 0.3) is 0 Å². The Hall–Kier alpha value is 1.22. The molecule has 0 saturated carbocycles. The Morgan fingerprint density at radius 2 is 1.25 bits per heavy atom. The Kier molecular flexibility index (Phi) is 19.9. The molecule has 0 atom stereocenters. The van der Waals surface area contributed by atoms with E-state index in [0.717, 1.165) is 0 Å². The van der Waals surface area contributed by atoms with Crippen LogP contribution in [0, 0.1) is 0 Å². The van der Waals surface area contributed by atoms with Crippen molar-refractivity contribution >= 4 is 58.3 Å². The Balaban J connectivity index is 0. The van der Waals surface area contributed by atoms with Crippen molar-refractivity contribution in [3.05, 3.63) is 0 Å². The van der Waals surface area contributed by atoms with E-state index in [4.69, 9.17) is 0 Å². The molecular weight excluding hydrogens is 99.1 g/mol. The fourth-order valence-electron chi connectivity index (χ4n) is 0. The molecular formula is CNaS2. The van der Waals surface area contributed by atoms with E-state index in [9.17, 15) is 0 Å². The minimum absolute atomic E-state index is 0. The second kappa shape index (κ2) is 8.88. The third kappa shape index (κ3) is 10.7. The molecule has 0 fully saturated rings. The van der Waals surface area contributed by atoms with Crippen molar-refractivity contribution in [2.75, 3.05) is 0 Å². The van der Waals surface area contributed by atoms with E-state index in [1.165, 1.54) is 0 Å². The van der Waals surface area contributed by atoms with Crippen LogP contribution in [0.3, 0.4) is 0 Å². The minimum atomic E-state index is 0. The summed E-state index contributed by atoms with van der Waals surface area (Å²) < 4.78 is 1.92. The summed E-state index contributed by atoms with van der Waals surface area (Å²) in [5, 5.41) is 0. The molecule has 17 valence electrons. The molecule has 0 heterocycles. The van der Waals surface area contributed by atoms with Crippen molar-refractivity contribution < 1.29 is 0 Å². The third-order valence-corrected chi connectivity index (χ3v) is 0. The first kappa shape index (κ1) is 8.97. The molecule has 0 saturated heterocycles. The van der Waals surface area contributed by atoms with Crippen LogP contribution >= 0.6 is 24.4 Å². The van der Waals surface area contributed by atoms with Crippen LogP contribution in [-0.4, -0.2) is 33.9 Å². The summed E-state index contributed by atoms with van der Waals surface area (Å²) in [5.74, 6) is 0. The van der Waals surface area contributed by atoms with E-state index in [-0.39, 0.29) is 29.6 Å². The van der Waals surface area contributed by atoms with Gasteiger partial charge in [0.2, 0.25) is 0 Å². The molecule has 0 aromatic carbocycles. The van der Waals surface area contributed by atoms with E-state index >= 15 is 0 Å². The molecule has 0 rings (SSSR count). The van der Waals surface area contributed by atoms with Crippen molar-refractivity contribution in [2.24, 2.45) is 0 Å². The van der Waals surface area contributed by atoms with E-state index in [1.54, 1.807) is 0 Å². The van der Waals surface area contributed by atoms with Gasteiger partial charge in [-0.3, -0.25) is 0 Å². The Morgan fingerprint density at radius 1 is 1.25 bits per heavy atom. The summed E-state index contributed by atoms with van der Waals surface area (Å²) in [6, 6.07) is 0. The summed E-state index contributed by atoms with van der Waals surface area (Å²) in [5.41, 5.74) is 0. The predicted octanol–water partition coefficient (Wildman–Crippen LogP) is 0.637. The molecule has 0 bridgehead atoms. The van der Waals surface area contributed by atoms with Gasteiger partial charge in [0, 0.05) is 33.9 Å². The molecule has 1 radical (unpaired) electrons. The zero-order valence-corrected chi connectivity index (χ0v) is 5.95. The van der Waals surface area contributed by atoms with Crippen molar-refractivity contribution in [3.8, 4) is 0 Å². The molecule has 0 unspecified atom stereocenters. The molecule has 0 aliphatic rings. The minimum Gasteiger partial charge on any atom is -0.0148 e. The van der Waals surface area contributed by atoms with Crippen molar-refractivity contribution in [1.29, 1.82) is 0 Å². The van der Waals surface area contributed by atoms with Crippen LogP contribution in [-0.2, 0) is 0 Å². The van der Waals surface area contributed by atoms with Crippen LogP contribution in [0.1, 0.15) is 0 Å². The second-order valence-electron chi connectivity index (χ2n) is 0.0833. The number of rotatable bonds is 0. The first-order chi connectivity index (χ1) is 1.41. The molecule has 3 heteroatoms. The largest absolute Gasteiger partial charge is 0.0297 e. The summed E-state index contributed by atoms with van der Waals surface area (Å²) in [4.78, 5) is 0. The molecule has 0 aliphatic carbocycles. The van der Waals surface area contributed by atoms with Gasteiger partial charge in [0.05, 0.1) is 0 Å². The van der Waals surface area contributed by atoms with Crippen LogP contribution in [0.4, 0.5) is 0 Å². The van der Waals surface area contributed by atoms with Gasteiger partial charge in [0.15, 0.2) is 0 Å². The first-order valence-electron chi connectivity index (χ1n) is 0.408. The van der Waals surface area contributed by atoms with Crippen molar-refractivity contribution in [2.45, 2.75) is 0 Å². The van der Waals surface area contributed by atoms with Gasteiger partial charge in [0.1, 0.15) is 0 Å². The van der Waals surface area contributed by atoms with Gasteiger partial charge in [-0.25, -0.2) is 0 Å². The van der Waals surface area contributed by atoms with Crippen LogP contribution in [0.5, 0.6) is 0 Å². The predicted molar refractivity (Wildman–Crippen MR) is 25.9 cm³/mol. The summed E-state index contributed by atoms with van der Waals surface area (Å²) in [6.07, 6.45) is 0. The summed E-state index contributed by atoms with van der Waals surface area (Å²) in [6.45, 7) is 0. The maximum atomic E-state index is 3.96. The standard InChI is InChI=1S/CS2.Na/c2-1-3;. The normalized spacial score (nSPS) is 2.00. The molecule has 0 aliphatic heterocycles. The summed E-state index contributed by atoms with van der Waals surface area (Å²) >= 11 is 7.92. The second-order valence-corrected chi connectivity index (χ2v) is 0.750. The average molecular weight is 99.1 g/mol. The van der Waals surface area contributed by atoms with Crippen LogP contribution in [0.2, 0.25) is 0 Å². The van der Waals surface area contributed by atoms with E-state index < -0.39 is 0 Å². The molecule has 4 heavy (non-hydrogen) atoms. The van der Waals surface area contributed by atoms with E-state index in [0.29, 0.717) is 0 Å². The number of hydrogen-bond acceptors (Lipinski definition) is 2. The van der Waals surface area contributed by atoms with Gasteiger partial charge >= 0.3 is 0 Å². The zero-order valence-electron chi connectivity index (χ0n) is 2.32. The maximum absolute atomic E-state index is 3.96. The van der Waals surface area contributed by atoms with Gasteiger partial charge in [-0.05, 0) is 24.4 Å². The van der Waals surface area contributed by atoms with Crippen LogP contribution in [0.15, 0.2) is 0 Å². The smallest absolute Gasteiger partial charge is 0.0148 e. The monoisotopic (exact) mass is 98.9 g/mol. The molecule has 0 nitrogen and oxygen atoms in total. The van der Waals surface area contributed by atoms with Gasteiger partial charge in [-0.15, -0.1) is 0 Å². The SMILES string of the molecule is S=C=S.[Na]. The Labute approximate surface area is 57.9 Å². The molecule has 0 spiro atoms. The summed E-state index contributed by atoms with van der Waals surface area (Å²) in [7, 11) is 0. The Morgan fingerprint density at radius 3 is 1.25 bits per heavy atom. The Bertz CT molecular complexity index is 27.0. The van der Waals surface area contributed by atoms with Gasteiger partial charge in [-0.2, -0.15) is 0 Å². The number of hydrogen-bond donors (Lipinski definition) is 0. The van der Waals surface area contributed by atoms with E-state index in [2.05, 4.69) is 24.4 Å². The third-order valence-electron chi connectivity index (χ3n) is 0. The molecule has 0 amide bonds.